The third kappa shape index (κ3) is 2.85. The van der Waals surface area contributed by atoms with Crippen LogP contribution in [0.25, 0.3) is 6.08 Å². The molecular formula is C25H26O4. The molecule has 1 aliphatic carbocycles. The molecule has 0 saturated heterocycles. The average Bonchev–Trinajstić information content (AvgIpc) is 2.65. The molecule has 0 aromatic heterocycles. The Bertz CT molecular complexity index is 1020. The van der Waals surface area contributed by atoms with Crippen molar-refractivity contribution in [2.75, 3.05) is 0 Å². The number of ether oxygens (including phenoxy) is 2. The Kier molecular flexibility index (Phi) is 3.86. The molecule has 2 heterocycles. The van der Waals surface area contributed by atoms with E-state index in [4.69, 9.17) is 9.47 Å². The van der Waals surface area contributed by atoms with Gasteiger partial charge in [-0.2, -0.15) is 0 Å². The van der Waals surface area contributed by atoms with Gasteiger partial charge >= 0.3 is 0 Å². The number of aromatic hydroxyl groups is 1. The van der Waals surface area contributed by atoms with Crippen LogP contribution in [0.2, 0.25) is 0 Å². The maximum absolute atomic E-state index is 13.1. The summed E-state index contributed by atoms with van der Waals surface area (Å²) in [5, 5.41) is 10.8. The van der Waals surface area contributed by atoms with E-state index in [0.29, 0.717) is 17.4 Å². The Morgan fingerprint density at radius 1 is 1.17 bits per heavy atom. The largest absolute Gasteiger partial charge is 0.507 e. The molecule has 0 spiro atoms. The molecule has 0 radical (unpaired) electrons. The lowest BCUT2D eigenvalue weighted by molar-refractivity contribution is -0.0731. The molecule has 1 saturated carbocycles. The quantitative estimate of drug-likeness (QED) is 0.556. The maximum Gasteiger partial charge on any atom is 0.193 e. The zero-order valence-electron chi connectivity index (χ0n) is 17.1. The van der Waals surface area contributed by atoms with Crippen molar-refractivity contribution >= 4 is 11.9 Å². The van der Waals surface area contributed by atoms with Crippen LogP contribution in [-0.2, 0) is 0 Å². The first-order valence-electron chi connectivity index (χ1n) is 10.3. The van der Waals surface area contributed by atoms with Crippen LogP contribution in [0.5, 0.6) is 17.2 Å². The fourth-order valence-corrected chi connectivity index (χ4v) is 5.44. The van der Waals surface area contributed by atoms with Gasteiger partial charge in [-0.25, -0.2) is 0 Å². The van der Waals surface area contributed by atoms with Crippen molar-refractivity contribution < 1.29 is 19.4 Å². The standard InChI is InChI=1S/C25H26O4/c1-24(2)17-11-12-25(3)14-16(17)21-20(28-25)13-19(27)22(23(21)29-24)18(26)10-9-15-7-5-4-6-8-15/h4-10,13,16-17,27H,11-12,14H2,1-3H3/b10-9+. The van der Waals surface area contributed by atoms with E-state index in [1.165, 1.54) is 6.08 Å². The lowest BCUT2D eigenvalue weighted by atomic mass is 9.61. The fourth-order valence-electron chi connectivity index (χ4n) is 5.44. The molecule has 0 amide bonds. The molecule has 1 fully saturated rings. The highest BCUT2D eigenvalue weighted by Crippen LogP contribution is 2.61. The summed E-state index contributed by atoms with van der Waals surface area (Å²) >= 11 is 0. The molecule has 2 bridgehead atoms. The minimum absolute atomic E-state index is 0.0840. The van der Waals surface area contributed by atoms with Crippen molar-refractivity contribution in [2.45, 2.75) is 57.2 Å². The molecule has 4 heteroatoms. The number of phenols is 1. The van der Waals surface area contributed by atoms with Crippen LogP contribution in [0, 0.1) is 5.92 Å². The topological polar surface area (TPSA) is 55.8 Å². The van der Waals surface area contributed by atoms with Crippen LogP contribution in [0.15, 0.2) is 42.5 Å². The Hall–Kier alpha value is -2.75. The summed E-state index contributed by atoms with van der Waals surface area (Å²) in [5.41, 5.74) is 1.50. The number of benzene rings is 2. The minimum atomic E-state index is -0.403. The zero-order chi connectivity index (χ0) is 20.4. The van der Waals surface area contributed by atoms with E-state index in [1.807, 2.05) is 30.3 Å². The Labute approximate surface area is 171 Å². The smallest absolute Gasteiger partial charge is 0.193 e. The predicted molar refractivity (Wildman–Crippen MR) is 112 cm³/mol. The molecule has 3 atom stereocenters. The number of hydrogen-bond acceptors (Lipinski definition) is 4. The first-order chi connectivity index (χ1) is 13.8. The summed E-state index contributed by atoms with van der Waals surface area (Å²) in [4.78, 5) is 13.1. The number of carbonyl (C=O) groups excluding carboxylic acids is 1. The molecule has 3 unspecified atom stereocenters. The highest BCUT2D eigenvalue weighted by Gasteiger charge is 2.55. The van der Waals surface area contributed by atoms with Gasteiger partial charge in [-0.3, -0.25) is 4.79 Å². The van der Waals surface area contributed by atoms with Gasteiger partial charge in [0.1, 0.15) is 34.0 Å². The van der Waals surface area contributed by atoms with Crippen LogP contribution in [0.1, 0.15) is 67.4 Å². The van der Waals surface area contributed by atoms with Gasteiger partial charge in [-0.05, 0) is 51.7 Å². The van der Waals surface area contributed by atoms with E-state index in [1.54, 1.807) is 12.1 Å². The summed E-state index contributed by atoms with van der Waals surface area (Å²) in [6.45, 7) is 6.33. The molecule has 1 N–H and O–H groups in total. The van der Waals surface area contributed by atoms with Gasteiger partial charge in [0.25, 0.3) is 0 Å². The number of phenolic OH excluding ortho intramolecular Hbond substituents is 1. The van der Waals surface area contributed by atoms with Crippen molar-refractivity contribution in [2.24, 2.45) is 5.92 Å². The molecule has 5 rings (SSSR count). The third-order valence-corrected chi connectivity index (χ3v) is 6.84. The normalized spacial score (nSPS) is 28.5. The molecule has 29 heavy (non-hydrogen) atoms. The summed E-state index contributed by atoms with van der Waals surface area (Å²) in [6.07, 6.45) is 6.19. The second-order valence-corrected chi connectivity index (χ2v) is 9.33. The highest BCUT2D eigenvalue weighted by molar-refractivity contribution is 6.11. The summed E-state index contributed by atoms with van der Waals surface area (Å²) in [5.74, 6) is 1.47. The lowest BCUT2D eigenvalue weighted by Crippen LogP contribution is -2.54. The van der Waals surface area contributed by atoms with Crippen molar-refractivity contribution in [1.82, 2.24) is 0 Å². The van der Waals surface area contributed by atoms with Crippen molar-refractivity contribution in [1.29, 1.82) is 0 Å². The summed E-state index contributed by atoms with van der Waals surface area (Å²) in [7, 11) is 0. The van der Waals surface area contributed by atoms with Crippen LogP contribution in [0.4, 0.5) is 0 Å². The number of hydrogen-bond donors (Lipinski definition) is 1. The fraction of sp³-hybridized carbons (Fsp3) is 0.400. The Balaban J connectivity index is 1.63. The van der Waals surface area contributed by atoms with E-state index in [9.17, 15) is 9.90 Å². The van der Waals surface area contributed by atoms with E-state index in [2.05, 4.69) is 20.8 Å². The lowest BCUT2D eigenvalue weighted by Gasteiger charge is -2.55. The van der Waals surface area contributed by atoms with Crippen LogP contribution in [0.3, 0.4) is 0 Å². The van der Waals surface area contributed by atoms with E-state index in [-0.39, 0.29) is 28.6 Å². The number of carbonyl (C=O) groups is 1. The first-order valence-corrected chi connectivity index (χ1v) is 10.3. The maximum atomic E-state index is 13.1. The monoisotopic (exact) mass is 390 g/mol. The molecule has 3 aliphatic rings. The number of allylic oxidation sites excluding steroid dienone is 1. The van der Waals surface area contributed by atoms with Crippen LogP contribution < -0.4 is 9.47 Å². The van der Waals surface area contributed by atoms with Crippen molar-refractivity contribution in [3.8, 4) is 17.2 Å². The summed E-state index contributed by atoms with van der Waals surface area (Å²) < 4.78 is 12.7. The van der Waals surface area contributed by atoms with Crippen molar-refractivity contribution in [3.05, 3.63) is 59.2 Å². The molecule has 2 aromatic carbocycles. The molecule has 2 aromatic rings. The SMILES string of the molecule is CC12CCC3C(C1)c1c(cc(O)c(C(=O)/C=C/c4ccccc4)c1OC3(C)C)O2. The van der Waals surface area contributed by atoms with E-state index < -0.39 is 5.60 Å². The second kappa shape index (κ2) is 6.12. The van der Waals surface area contributed by atoms with Gasteiger partial charge < -0.3 is 14.6 Å². The van der Waals surface area contributed by atoms with Gasteiger partial charge in [0.05, 0.1) is 0 Å². The van der Waals surface area contributed by atoms with Crippen LogP contribution >= 0.6 is 0 Å². The average molecular weight is 390 g/mol. The summed E-state index contributed by atoms with van der Waals surface area (Å²) in [6, 6.07) is 11.3. The third-order valence-electron chi connectivity index (χ3n) is 6.84. The zero-order valence-corrected chi connectivity index (χ0v) is 17.1. The van der Waals surface area contributed by atoms with Crippen LogP contribution in [-0.4, -0.2) is 22.1 Å². The number of fused-ring (bicyclic) bond motifs is 1. The Morgan fingerprint density at radius 3 is 2.69 bits per heavy atom. The van der Waals surface area contributed by atoms with Crippen molar-refractivity contribution in [3.63, 3.8) is 0 Å². The predicted octanol–water partition coefficient (Wildman–Crippen LogP) is 5.49. The molecular weight excluding hydrogens is 364 g/mol. The van der Waals surface area contributed by atoms with E-state index >= 15 is 0 Å². The van der Waals surface area contributed by atoms with Gasteiger partial charge in [0.15, 0.2) is 5.78 Å². The van der Waals surface area contributed by atoms with Gasteiger partial charge in [-0.15, -0.1) is 0 Å². The second-order valence-electron chi connectivity index (χ2n) is 9.33. The molecule has 150 valence electrons. The van der Waals surface area contributed by atoms with Gasteiger partial charge in [-0.1, -0.05) is 36.4 Å². The highest BCUT2D eigenvalue weighted by atomic mass is 16.5. The Morgan fingerprint density at radius 2 is 1.93 bits per heavy atom. The van der Waals surface area contributed by atoms with Gasteiger partial charge in [0.2, 0.25) is 0 Å². The minimum Gasteiger partial charge on any atom is -0.507 e. The van der Waals surface area contributed by atoms with E-state index in [0.717, 1.165) is 30.4 Å². The number of ketones is 1. The van der Waals surface area contributed by atoms with Gasteiger partial charge in [0, 0.05) is 23.5 Å². The molecule has 4 nitrogen and oxygen atoms in total. The molecule has 2 aliphatic heterocycles. The first kappa shape index (κ1) is 18.3. The number of rotatable bonds is 3.